The van der Waals surface area contributed by atoms with E-state index in [2.05, 4.69) is 0 Å². The molecule has 0 aliphatic heterocycles. The SMILES string of the molecule is Cl.Cl.Cl.Cl.Cl.Cl.Cl.Cl.Cl.Cl.Cl.Cl.[Ca+2].[Ca+2].[H-].[H-].[H-].[H-]. The van der Waals surface area contributed by atoms with Crippen LogP contribution in [-0.4, -0.2) is 75.5 Å². The van der Waals surface area contributed by atoms with Gasteiger partial charge >= 0.3 is 75.5 Å². The third-order valence-electron chi connectivity index (χ3n) is 0. The second kappa shape index (κ2) is 171. The van der Waals surface area contributed by atoms with Crippen molar-refractivity contribution < 1.29 is 5.71 Å². The Hall–Kier alpha value is 6.00. The number of halogens is 12. The predicted octanol–water partition coefficient (Wildman–Crippen LogP) is 4.75. The maximum Gasteiger partial charge on any atom is 2.00 e. The first kappa shape index (κ1) is 201. The van der Waals surface area contributed by atoms with Crippen molar-refractivity contribution in [2.45, 2.75) is 0 Å². The Morgan fingerprint density at radius 1 is 0.214 bits per heavy atom. The Kier molecular flexibility index (Phi) is 2450. The molecule has 0 aromatic heterocycles. The topological polar surface area (TPSA) is 0 Å². The van der Waals surface area contributed by atoms with Crippen molar-refractivity contribution in [2.24, 2.45) is 0 Å². The van der Waals surface area contributed by atoms with Crippen molar-refractivity contribution in [3.05, 3.63) is 0 Å². The van der Waals surface area contributed by atoms with Gasteiger partial charge in [0.25, 0.3) is 0 Å². The molecule has 14 heteroatoms. The molecular weight excluding hydrogens is 506 g/mol. The van der Waals surface area contributed by atoms with E-state index < -0.39 is 0 Å². The van der Waals surface area contributed by atoms with Crippen molar-refractivity contribution in [3.63, 3.8) is 0 Å². The van der Waals surface area contributed by atoms with Crippen LogP contribution >= 0.6 is 149 Å². The molecule has 0 N–H and O–H groups in total. The fourth-order valence-electron chi connectivity index (χ4n) is 0. The normalized spacial score (nSPS) is 0. The first-order chi connectivity index (χ1) is 0. The summed E-state index contributed by atoms with van der Waals surface area (Å²) in [6.07, 6.45) is 0. The Morgan fingerprint density at radius 3 is 0.214 bits per heavy atom. The zero-order valence-electron chi connectivity index (χ0n) is 10.3. The summed E-state index contributed by atoms with van der Waals surface area (Å²) in [6, 6.07) is 0. The molecule has 0 saturated heterocycles. The van der Waals surface area contributed by atoms with Crippen LogP contribution in [0.1, 0.15) is 5.71 Å². The molecule has 0 aromatic rings. The van der Waals surface area contributed by atoms with E-state index in [-0.39, 0.29) is 230 Å². The van der Waals surface area contributed by atoms with E-state index in [1.807, 2.05) is 0 Å². The van der Waals surface area contributed by atoms with Crippen LogP contribution in [0.15, 0.2) is 0 Å². The van der Waals surface area contributed by atoms with E-state index in [4.69, 9.17) is 0 Å². The van der Waals surface area contributed by atoms with Gasteiger partial charge < -0.3 is 5.71 Å². The molecule has 0 rings (SSSR count). The van der Waals surface area contributed by atoms with Crippen LogP contribution in [0.2, 0.25) is 0 Å². The molecule has 0 bridgehead atoms. The third-order valence-corrected chi connectivity index (χ3v) is 0. The molecule has 0 aliphatic carbocycles. The van der Waals surface area contributed by atoms with E-state index in [9.17, 15) is 0 Å². The fraction of sp³-hybridized carbons (Fsp3) is 0. The average molecular weight is 522 g/mol. The summed E-state index contributed by atoms with van der Waals surface area (Å²) in [7, 11) is 0. The van der Waals surface area contributed by atoms with Crippen molar-refractivity contribution in [2.75, 3.05) is 0 Å². The molecule has 0 nitrogen and oxygen atoms in total. The van der Waals surface area contributed by atoms with Crippen LogP contribution in [0.4, 0.5) is 0 Å². The summed E-state index contributed by atoms with van der Waals surface area (Å²) in [5, 5.41) is 0. The van der Waals surface area contributed by atoms with Crippen LogP contribution in [0.25, 0.3) is 0 Å². The van der Waals surface area contributed by atoms with Crippen molar-refractivity contribution >= 4 is 224 Å². The van der Waals surface area contributed by atoms with Gasteiger partial charge in [0, 0.05) is 0 Å². The molecule has 0 fully saturated rings. The largest absolute Gasteiger partial charge is 2.00 e. The molecule has 0 heterocycles. The van der Waals surface area contributed by atoms with Crippen molar-refractivity contribution in [1.29, 1.82) is 0 Å². The molecule has 0 spiro atoms. The molecule has 0 aromatic carbocycles. The van der Waals surface area contributed by atoms with Crippen LogP contribution < -0.4 is 0 Å². The summed E-state index contributed by atoms with van der Waals surface area (Å²) in [6.45, 7) is 0. The van der Waals surface area contributed by atoms with Gasteiger partial charge in [-0.15, -0.1) is 149 Å². The molecule has 104 valence electrons. The maximum absolute atomic E-state index is 0. The molecule has 0 aliphatic rings. The minimum atomic E-state index is 0. The van der Waals surface area contributed by atoms with Crippen LogP contribution in [0.5, 0.6) is 0 Å². The number of rotatable bonds is 0. The average Bonchev–Trinajstić information content (AvgIpc) is 0. The van der Waals surface area contributed by atoms with Gasteiger partial charge in [0.2, 0.25) is 0 Å². The minimum absolute atomic E-state index is 0. The standard InChI is InChI=1S/2Ca.12ClH.4H/h;;12*1H;;;;/q2*+2;;;;;;;;;;;;;4*-1. The molecule has 0 radical (unpaired) electrons. The van der Waals surface area contributed by atoms with Crippen molar-refractivity contribution in [3.8, 4) is 0 Å². The van der Waals surface area contributed by atoms with Crippen LogP contribution in [0, 0.1) is 0 Å². The predicted molar refractivity (Wildman–Crippen MR) is 103 cm³/mol. The first-order valence-corrected chi connectivity index (χ1v) is 0. The zero-order chi connectivity index (χ0) is 0. The van der Waals surface area contributed by atoms with E-state index in [1.165, 1.54) is 0 Å². The van der Waals surface area contributed by atoms with Gasteiger partial charge in [-0.3, -0.25) is 0 Å². The molecular formula is H16Ca2Cl12. The first-order valence-electron chi connectivity index (χ1n) is 0. The quantitative estimate of drug-likeness (QED) is 0.404. The Morgan fingerprint density at radius 2 is 0.214 bits per heavy atom. The van der Waals surface area contributed by atoms with E-state index in [0.29, 0.717) is 0 Å². The summed E-state index contributed by atoms with van der Waals surface area (Å²) in [5.74, 6) is 0. The monoisotopic (exact) mass is 516 g/mol. The van der Waals surface area contributed by atoms with Gasteiger partial charge in [0.1, 0.15) is 0 Å². The second-order valence-corrected chi connectivity index (χ2v) is 0. The zero-order valence-corrected chi connectivity index (χ0v) is 20.5. The summed E-state index contributed by atoms with van der Waals surface area (Å²) >= 11 is 0. The van der Waals surface area contributed by atoms with Gasteiger partial charge in [0.15, 0.2) is 0 Å². The fourth-order valence-corrected chi connectivity index (χ4v) is 0. The maximum atomic E-state index is 0. The Balaban J connectivity index is 0. The number of hydrogen-bond acceptors (Lipinski definition) is 0. The minimum Gasteiger partial charge on any atom is -1.00 e. The molecule has 0 atom stereocenters. The van der Waals surface area contributed by atoms with E-state index >= 15 is 0 Å². The Bertz CT molecular complexity index is 22.0. The van der Waals surface area contributed by atoms with Crippen molar-refractivity contribution in [1.82, 2.24) is 0 Å². The van der Waals surface area contributed by atoms with Gasteiger partial charge in [-0.05, 0) is 0 Å². The van der Waals surface area contributed by atoms with E-state index in [0.717, 1.165) is 0 Å². The molecule has 0 unspecified atom stereocenters. The summed E-state index contributed by atoms with van der Waals surface area (Å²) < 4.78 is 0. The number of hydrogen-bond donors (Lipinski definition) is 0. The van der Waals surface area contributed by atoms with Crippen LogP contribution in [0.3, 0.4) is 0 Å². The molecule has 0 saturated carbocycles. The molecule has 14 heavy (non-hydrogen) atoms. The van der Waals surface area contributed by atoms with Gasteiger partial charge in [-0.2, -0.15) is 0 Å². The summed E-state index contributed by atoms with van der Waals surface area (Å²) in [4.78, 5) is 0. The smallest absolute Gasteiger partial charge is 1.00 e. The third kappa shape index (κ3) is 145. The summed E-state index contributed by atoms with van der Waals surface area (Å²) in [5.41, 5.74) is 0. The van der Waals surface area contributed by atoms with Gasteiger partial charge in [-0.1, -0.05) is 0 Å². The second-order valence-electron chi connectivity index (χ2n) is 0. The Labute approximate surface area is 225 Å². The van der Waals surface area contributed by atoms with Gasteiger partial charge in [-0.25, -0.2) is 0 Å². The van der Waals surface area contributed by atoms with E-state index in [1.54, 1.807) is 0 Å². The molecule has 0 amide bonds. The van der Waals surface area contributed by atoms with Crippen LogP contribution in [-0.2, 0) is 0 Å². The van der Waals surface area contributed by atoms with Gasteiger partial charge in [0.05, 0.1) is 0 Å².